The summed E-state index contributed by atoms with van der Waals surface area (Å²) in [5, 5.41) is 8.94. The fourth-order valence-corrected chi connectivity index (χ4v) is 3.38. The van der Waals surface area contributed by atoms with Gasteiger partial charge in [-0.15, -0.1) is 0 Å². The molecule has 1 rings (SSSR count). The van der Waals surface area contributed by atoms with Crippen LogP contribution in [0.25, 0.3) is 0 Å². The van der Waals surface area contributed by atoms with Crippen LogP contribution in [0, 0.1) is 5.82 Å². The molecule has 10 heteroatoms. The van der Waals surface area contributed by atoms with Gasteiger partial charge in [-0.1, -0.05) is 15.9 Å². The van der Waals surface area contributed by atoms with Crippen molar-refractivity contribution in [1.29, 1.82) is 0 Å². The Balaban J connectivity index is 2.86. The number of hydrogen-bond donors (Lipinski definition) is 2. The Labute approximate surface area is 127 Å². The first-order valence-corrected chi connectivity index (χ1v) is 7.99. The van der Waals surface area contributed by atoms with E-state index in [0.29, 0.717) is 0 Å². The van der Waals surface area contributed by atoms with E-state index in [1.807, 2.05) is 4.72 Å². The molecule has 21 heavy (non-hydrogen) atoms. The first kappa shape index (κ1) is 18.3. The van der Waals surface area contributed by atoms with Crippen LogP contribution in [0.5, 0.6) is 0 Å². The Morgan fingerprint density at radius 2 is 1.90 bits per heavy atom. The Morgan fingerprint density at radius 1 is 1.29 bits per heavy atom. The molecule has 0 bridgehead atoms. The Kier molecular flexibility index (Phi) is 6.14. The molecular weight excluding hydrogens is 382 g/mol. The number of hydrogen-bond acceptors (Lipinski definition) is 3. The second-order valence-electron chi connectivity index (χ2n) is 4.15. The molecule has 0 amide bonds. The van der Waals surface area contributed by atoms with Crippen LogP contribution < -0.4 is 4.72 Å². The average Bonchev–Trinajstić information content (AvgIpc) is 2.36. The first-order valence-electron chi connectivity index (χ1n) is 5.72. The van der Waals surface area contributed by atoms with Gasteiger partial charge in [-0.25, -0.2) is 17.5 Å². The van der Waals surface area contributed by atoms with Crippen LogP contribution >= 0.6 is 15.9 Å². The minimum atomic E-state index is -4.38. The number of sulfonamides is 1. The fraction of sp³-hybridized carbons (Fsp3) is 0.455. The number of aliphatic hydroxyl groups excluding tert-OH is 1. The van der Waals surface area contributed by atoms with E-state index in [0.717, 1.165) is 6.07 Å². The molecule has 0 saturated carbocycles. The molecule has 0 aliphatic carbocycles. The zero-order chi connectivity index (χ0) is 16.3. The van der Waals surface area contributed by atoms with E-state index in [9.17, 15) is 26.0 Å². The van der Waals surface area contributed by atoms with Crippen molar-refractivity contribution in [3.05, 3.63) is 28.0 Å². The van der Waals surface area contributed by atoms with Crippen LogP contribution in [-0.4, -0.2) is 26.2 Å². The number of alkyl halides is 3. The van der Waals surface area contributed by atoms with Crippen molar-refractivity contribution in [2.45, 2.75) is 30.5 Å². The molecule has 0 spiro atoms. The monoisotopic (exact) mass is 393 g/mol. The number of aliphatic hydroxyl groups is 1. The van der Waals surface area contributed by atoms with Crippen molar-refractivity contribution in [3.63, 3.8) is 0 Å². The normalized spacial score (nSPS) is 12.7. The zero-order valence-electron chi connectivity index (χ0n) is 10.5. The number of rotatable bonds is 6. The molecule has 0 atom stereocenters. The lowest BCUT2D eigenvalue weighted by molar-refractivity contribution is -0.135. The highest BCUT2D eigenvalue weighted by molar-refractivity contribution is 9.10. The summed E-state index contributed by atoms with van der Waals surface area (Å²) >= 11 is 2.97. The summed E-state index contributed by atoms with van der Waals surface area (Å²) in [6.45, 7) is -1.18. The molecule has 0 aliphatic heterocycles. The van der Waals surface area contributed by atoms with Crippen molar-refractivity contribution < 1.29 is 31.1 Å². The summed E-state index contributed by atoms with van der Waals surface area (Å²) in [7, 11) is -4.30. The van der Waals surface area contributed by atoms with Crippen LogP contribution in [0.15, 0.2) is 21.5 Å². The number of halogens is 5. The first-order chi connectivity index (χ1) is 9.57. The highest BCUT2D eigenvalue weighted by atomic mass is 79.9. The molecular formula is C11H12BrF4NO3S. The molecule has 2 N–H and O–H groups in total. The van der Waals surface area contributed by atoms with Gasteiger partial charge in [0.15, 0.2) is 0 Å². The topological polar surface area (TPSA) is 66.4 Å². The average molecular weight is 394 g/mol. The SMILES string of the molecule is O=S(=O)(NCCCC(F)(F)F)c1cc(Br)cc(CO)c1F. The quantitative estimate of drug-likeness (QED) is 0.576. The maximum atomic E-state index is 13.9. The molecule has 0 aliphatic rings. The van der Waals surface area contributed by atoms with Crippen LogP contribution in [0.1, 0.15) is 18.4 Å². The van der Waals surface area contributed by atoms with Gasteiger partial charge in [-0.2, -0.15) is 13.2 Å². The van der Waals surface area contributed by atoms with Crippen molar-refractivity contribution in [2.24, 2.45) is 0 Å². The van der Waals surface area contributed by atoms with Gasteiger partial charge in [0.1, 0.15) is 10.7 Å². The summed E-state index contributed by atoms with van der Waals surface area (Å²) in [4.78, 5) is -0.729. The lowest BCUT2D eigenvalue weighted by atomic mass is 10.2. The van der Waals surface area contributed by atoms with E-state index in [1.54, 1.807) is 0 Å². The van der Waals surface area contributed by atoms with E-state index >= 15 is 0 Å². The van der Waals surface area contributed by atoms with E-state index in [2.05, 4.69) is 15.9 Å². The van der Waals surface area contributed by atoms with Crippen LogP contribution in [0.2, 0.25) is 0 Å². The highest BCUT2D eigenvalue weighted by Crippen LogP contribution is 2.24. The molecule has 1 aromatic carbocycles. The highest BCUT2D eigenvalue weighted by Gasteiger charge is 2.27. The third kappa shape index (κ3) is 5.53. The van der Waals surface area contributed by atoms with Gasteiger partial charge in [0.05, 0.1) is 6.61 Å². The van der Waals surface area contributed by atoms with Gasteiger partial charge in [-0.3, -0.25) is 0 Å². The minimum Gasteiger partial charge on any atom is -0.392 e. The Hall–Kier alpha value is -0.710. The second kappa shape index (κ2) is 7.03. The zero-order valence-corrected chi connectivity index (χ0v) is 12.9. The molecule has 4 nitrogen and oxygen atoms in total. The minimum absolute atomic E-state index is 0.226. The molecule has 0 radical (unpaired) electrons. The summed E-state index contributed by atoms with van der Waals surface area (Å²) in [5.41, 5.74) is -0.236. The number of benzene rings is 1. The largest absolute Gasteiger partial charge is 0.392 e. The van der Waals surface area contributed by atoms with Crippen LogP contribution in [0.3, 0.4) is 0 Å². The van der Waals surface area contributed by atoms with Gasteiger partial charge < -0.3 is 5.11 Å². The predicted octanol–water partition coefficient (Wildman–Crippen LogP) is 2.70. The molecule has 0 aromatic heterocycles. The smallest absolute Gasteiger partial charge is 0.389 e. The van der Waals surface area contributed by atoms with Gasteiger partial charge in [-0.05, 0) is 18.6 Å². The number of nitrogens with one attached hydrogen (secondary N) is 1. The summed E-state index contributed by atoms with van der Waals surface area (Å²) in [6, 6.07) is 2.18. The van der Waals surface area contributed by atoms with Crippen LogP contribution in [0.4, 0.5) is 17.6 Å². The maximum absolute atomic E-state index is 13.9. The van der Waals surface area contributed by atoms with Crippen molar-refractivity contribution >= 4 is 26.0 Å². The Bertz CT molecular complexity index is 604. The van der Waals surface area contributed by atoms with Crippen molar-refractivity contribution in [2.75, 3.05) is 6.54 Å². The van der Waals surface area contributed by atoms with E-state index < -0.39 is 52.9 Å². The third-order valence-electron chi connectivity index (χ3n) is 2.47. The molecule has 0 heterocycles. The van der Waals surface area contributed by atoms with Gasteiger partial charge in [0, 0.05) is 23.0 Å². The molecule has 1 aromatic rings. The van der Waals surface area contributed by atoms with Gasteiger partial charge in [0.2, 0.25) is 10.0 Å². The summed E-state index contributed by atoms with van der Waals surface area (Å²) in [5.74, 6) is -1.14. The van der Waals surface area contributed by atoms with E-state index in [4.69, 9.17) is 5.11 Å². The molecule has 0 fully saturated rings. The standard InChI is InChI=1S/C11H12BrF4NO3S/c12-8-4-7(6-18)10(13)9(5-8)21(19,20)17-3-1-2-11(14,15)16/h4-5,17-18H,1-3,6H2. The predicted molar refractivity (Wildman–Crippen MR) is 70.5 cm³/mol. The lowest BCUT2D eigenvalue weighted by Gasteiger charge is -2.11. The van der Waals surface area contributed by atoms with Gasteiger partial charge in [0.25, 0.3) is 0 Å². The maximum Gasteiger partial charge on any atom is 0.389 e. The summed E-state index contributed by atoms with van der Waals surface area (Å²) < 4.78 is 75.5. The second-order valence-corrected chi connectivity index (χ2v) is 6.80. The summed E-state index contributed by atoms with van der Waals surface area (Å²) in [6.07, 6.45) is -5.97. The third-order valence-corrected chi connectivity index (χ3v) is 4.39. The van der Waals surface area contributed by atoms with E-state index in [1.165, 1.54) is 6.07 Å². The van der Waals surface area contributed by atoms with Crippen LogP contribution in [-0.2, 0) is 16.6 Å². The van der Waals surface area contributed by atoms with Gasteiger partial charge >= 0.3 is 6.18 Å². The molecule has 0 saturated heterocycles. The molecule has 120 valence electrons. The van der Waals surface area contributed by atoms with E-state index in [-0.39, 0.29) is 10.0 Å². The van der Waals surface area contributed by atoms with Crippen molar-refractivity contribution in [3.8, 4) is 0 Å². The Morgan fingerprint density at radius 3 is 2.43 bits per heavy atom. The lowest BCUT2D eigenvalue weighted by Crippen LogP contribution is -2.27. The fourth-order valence-electron chi connectivity index (χ4n) is 1.50. The molecule has 0 unspecified atom stereocenters. The van der Waals surface area contributed by atoms with Crippen molar-refractivity contribution in [1.82, 2.24) is 4.72 Å².